The van der Waals surface area contributed by atoms with Gasteiger partial charge in [-0.05, 0) is 60.4 Å². The molecule has 2 aliphatic heterocycles. The molecular weight excluding hydrogens is 582 g/mol. The summed E-state index contributed by atoms with van der Waals surface area (Å²) in [6.07, 6.45) is 2.83. The van der Waals surface area contributed by atoms with Gasteiger partial charge in [0, 0.05) is 35.2 Å². The molecule has 3 aromatic carbocycles. The molecule has 2 aliphatic rings. The van der Waals surface area contributed by atoms with Crippen LogP contribution in [0.4, 0.5) is 11.4 Å². The summed E-state index contributed by atoms with van der Waals surface area (Å²) < 4.78 is 0. The van der Waals surface area contributed by atoms with Gasteiger partial charge in [0.1, 0.15) is 6.10 Å². The Bertz CT molecular complexity index is 1590. The Kier molecular flexibility index (Phi) is 9.22. The zero-order chi connectivity index (χ0) is 31.6. The molecule has 3 amide bonds. The highest BCUT2D eigenvalue weighted by Gasteiger charge is 2.52. The van der Waals surface area contributed by atoms with Crippen LogP contribution < -0.4 is 10.2 Å². The number of carbonyl (C=O) groups is 3. The van der Waals surface area contributed by atoms with E-state index in [4.69, 9.17) is 11.6 Å². The molecule has 0 aromatic heterocycles. The number of amides is 3. The van der Waals surface area contributed by atoms with Gasteiger partial charge in [0.05, 0.1) is 24.9 Å². The largest absolute Gasteiger partial charge is 0.394 e. The molecule has 44 heavy (non-hydrogen) atoms. The summed E-state index contributed by atoms with van der Waals surface area (Å²) >= 11 is 6.31. The maximum atomic E-state index is 13.9. The molecule has 230 valence electrons. The van der Waals surface area contributed by atoms with Crippen molar-refractivity contribution in [3.8, 4) is 0 Å². The number of benzene rings is 3. The predicted molar refractivity (Wildman–Crippen MR) is 168 cm³/mol. The Balaban J connectivity index is 1.31. The lowest BCUT2D eigenvalue weighted by atomic mass is 9.83. The van der Waals surface area contributed by atoms with Gasteiger partial charge < -0.3 is 30.4 Å². The maximum absolute atomic E-state index is 13.9. The van der Waals surface area contributed by atoms with E-state index in [9.17, 15) is 29.7 Å². The van der Waals surface area contributed by atoms with Crippen LogP contribution in [0.2, 0.25) is 5.02 Å². The van der Waals surface area contributed by atoms with Crippen LogP contribution in [0.1, 0.15) is 42.5 Å². The van der Waals surface area contributed by atoms with E-state index in [2.05, 4.69) is 5.32 Å². The van der Waals surface area contributed by atoms with Crippen LogP contribution >= 0.6 is 11.6 Å². The molecule has 10 heteroatoms. The van der Waals surface area contributed by atoms with E-state index in [-0.39, 0.29) is 31.5 Å². The summed E-state index contributed by atoms with van der Waals surface area (Å²) in [5.41, 5.74) is 2.44. The van der Waals surface area contributed by atoms with E-state index in [0.717, 1.165) is 16.7 Å². The second-order valence-corrected chi connectivity index (χ2v) is 11.9. The number of hydrogen-bond acceptors (Lipinski definition) is 6. The number of carbonyl (C=O) groups excluding carboxylic acids is 3. The number of hydrogen-bond donors (Lipinski definition) is 4. The molecule has 0 unspecified atom stereocenters. The minimum atomic E-state index is -1.91. The van der Waals surface area contributed by atoms with E-state index >= 15 is 0 Å². The molecule has 0 radical (unpaired) electrons. The number of nitrogens with zero attached hydrogens (tertiary/aromatic N) is 2. The van der Waals surface area contributed by atoms with Gasteiger partial charge in [-0.25, -0.2) is 0 Å². The molecule has 4 atom stereocenters. The van der Waals surface area contributed by atoms with E-state index < -0.39 is 29.4 Å². The van der Waals surface area contributed by atoms with Crippen LogP contribution in [0.15, 0.2) is 78.9 Å². The van der Waals surface area contributed by atoms with Gasteiger partial charge in [0.25, 0.3) is 11.8 Å². The molecule has 9 nitrogen and oxygen atoms in total. The molecule has 0 bridgehead atoms. The molecule has 2 heterocycles. The molecular formula is C34H36ClN3O6. The number of fused-ring (bicyclic) bond motifs is 2. The molecule has 5 rings (SSSR count). The van der Waals surface area contributed by atoms with E-state index in [1.165, 1.54) is 11.8 Å². The zero-order valence-electron chi connectivity index (χ0n) is 24.6. The Labute approximate surface area is 261 Å². The molecule has 0 saturated heterocycles. The van der Waals surface area contributed by atoms with Crippen LogP contribution in [-0.2, 0) is 39.5 Å². The molecule has 0 spiro atoms. The van der Waals surface area contributed by atoms with Gasteiger partial charge in [-0.3, -0.25) is 14.4 Å². The van der Waals surface area contributed by atoms with Crippen LogP contribution in [0, 0.1) is 5.92 Å². The Morgan fingerprint density at radius 3 is 2.48 bits per heavy atom. The molecule has 0 aliphatic carbocycles. The smallest absolute Gasteiger partial charge is 0.264 e. The SMILES string of the molecule is C[C@H](O)C(=O)Nc1ccc(CN2C(=O)[C@](O)([C@H](C)/C=C/CC(=O)N3Cc4ccccc4C[C@H]3CO)c3cc(Cl)ccc32)cc1. The van der Waals surface area contributed by atoms with Crippen molar-refractivity contribution in [1.29, 1.82) is 0 Å². The van der Waals surface area contributed by atoms with E-state index in [1.807, 2.05) is 24.3 Å². The van der Waals surface area contributed by atoms with Crippen molar-refractivity contribution in [3.63, 3.8) is 0 Å². The third-order valence-electron chi connectivity index (χ3n) is 8.44. The van der Waals surface area contributed by atoms with E-state index in [0.29, 0.717) is 34.9 Å². The lowest BCUT2D eigenvalue weighted by Gasteiger charge is -2.36. The molecule has 0 fully saturated rings. The van der Waals surface area contributed by atoms with Crippen molar-refractivity contribution >= 4 is 40.7 Å². The fourth-order valence-electron chi connectivity index (χ4n) is 5.87. The average molecular weight is 618 g/mol. The van der Waals surface area contributed by atoms with Crippen molar-refractivity contribution in [2.45, 2.75) is 57.5 Å². The number of anilines is 2. The Morgan fingerprint density at radius 2 is 1.80 bits per heavy atom. The van der Waals surface area contributed by atoms with Gasteiger partial charge in [-0.1, -0.05) is 67.1 Å². The molecule has 0 saturated carbocycles. The summed E-state index contributed by atoms with van der Waals surface area (Å²) in [4.78, 5) is 42.1. The summed E-state index contributed by atoms with van der Waals surface area (Å²) in [5.74, 6) is -1.89. The lowest BCUT2D eigenvalue weighted by molar-refractivity contribution is -0.139. The number of aliphatic hydroxyl groups excluding tert-OH is 2. The van der Waals surface area contributed by atoms with Crippen LogP contribution in [0.3, 0.4) is 0 Å². The first kappa shape index (κ1) is 31.4. The van der Waals surface area contributed by atoms with Gasteiger partial charge in [-0.2, -0.15) is 0 Å². The van der Waals surface area contributed by atoms with E-state index in [1.54, 1.807) is 66.4 Å². The van der Waals surface area contributed by atoms with Gasteiger partial charge >= 0.3 is 0 Å². The van der Waals surface area contributed by atoms with Crippen LogP contribution in [0.5, 0.6) is 0 Å². The Hall–Kier alpha value is -4.02. The highest BCUT2D eigenvalue weighted by Crippen LogP contribution is 2.46. The highest BCUT2D eigenvalue weighted by molar-refractivity contribution is 6.31. The van der Waals surface area contributed by atoms with Gasteiger partial charge in [-0.15, -0.1) is 0 Å². The van der Waals surface area contributed by atoms with Gasteiger partial charge in [0.2, 0.25) is 5.91 Å². The van der Waals surface area contributed by atoms with Gasteiger partial charge in [0.15, 0.2) is 5.60 Å². The lowest BCUT2D eigenvalue weighted by Crippen LogP contribution is -2.46. The molecule has 3 aromatic rings. The maximum Gasteiger partial charge on any atom is 0.264 e. The fraction of sp³-hybridized carbons (Fsp3) is 0.324. The second-order valence-electron chi connectivity index (χ2n) is 11.4. The highest BCUT2D eigenvalue weighted by atomic mass is 35.5. The third-order valence-corrected chi connectivity index (χ3v) is 8.67. The monoisotopic (exact) mass is 617 g/mol. The number of aliphatic hydroxyl groups is 3. The van der Waals surface area contributed by atoms with Crippen molar-refractivity contribution in [3.05, 3.63) is 106 Å². The fourth-order valence-corrected chi connectivity index (χ4v) is 6.04. The minimum Gasteiger partial charge on any atom is -0.394 e. The summed E-state index contributed by atoms with van der Waals surface area (Å²) in [5, 5.41) is 34.3. The van der Waals surface area contributed by atoms with Crippen molar-refractivity contribution in [2.75, 3.05) is 16.8 Å². The van der Waals surface area contributed by atoms with Crippen molar-refractivity contribution in [2.24, 2.45) is 5.92 Å². The first-order valence-corrected chi connectivity index (χ1v) is 15.0. The first-order valence-electron chi connectivity index (χ1n) is 14.6. The summed E-state index contributed by atoms with van der Waals surface area (Å²) in [6.45, 7) is 3.54. The van der Waals surface area contributed by atoms with Crippen molar-refractivity contribution in [1.82, 2.24) is 4.90 Å². The summed E-state index contributed by atoms with van der Waals surface area (Å²) in [6, 6.07) is 19.4. The zero-order valence-corrected chi connectivity index (χ0v) is 25.4. The number of nitrogens with one attached hydrogen (secondary N) is 1. The van der Waals surface area contributed by atoms with Crippen molar-refractivity contribution < 1.29 is 29.7 Å². The second kappa shape index (κ2) is 12.9. The normalized spacial score (nSPS) is 20.8. The van der Waals surface area contributed by atoms with Crippen LogP contribution in [-0.4, -0.2) is 56.7 Å². The minimum absolute atomic E-state index is 0.0529. The topological polar surface area (TPSA) is 130 Å². The number of halogens is 1. The quantitative estimate of drug-likeness (QED) is 0.269. The predicted octanol–water partition coefficient (Wildman–Crippen LogP) is 3.92. The average Bonchev–Trinajstić information content (AvgIpc) is 3.22. The van der Waals surface area contributed by atoms with Crippen LogP contribution in [0.25, 0.3) is 0 Å². The summed E-state index contributed by atoms with van der Waals surface area (Å²) in [7, 11) is 0. The third kappa shape index (κ3) is 6.14. The standard InChI is InChI=1S/C34H36ClN3O6/c1-21(6-5-9-31(41)37-19-25-8-4-3-7-24(25)16-28(37)20-39)34(44)29-17-26(35)12-15-30(29)38(33(34)43)18-23-10-13-27(14-11-23)36-32(42)22(2)40/h3-8,10-15,17,21-22,28,39-40,44H,9,16,18-20H2,1-2H3,(H,36,42)/b6-5+/t21-,22+,28+,34+/m1/s1. The number of rotatable bonds is 9. The molecule has 4 N–H and O–H groups in total. The first-order chi connectivity index (χ1) is 21.0. The Morgan fingerprint density at radius 1 is 1.09 bits per heavy atom.